The zero-order chi connectivity index (χ0) is 15.9. The van der Waals surface area contributed by atoms with Crippen LogP contribution in [0, 0.1) is 6.92 Å². The molecule has 0 aliphatic heterocycles. The molecule has 0 aliphatic carbocycles. The number of fused-ring (bicyclic) bond motifs is 1. The zero-order valence-electron chi connectivity index (χ0n) is 12.3. The van der Waals surface area contributed by atoms with Gasteiger partial charge in [0.1, 0.15) is 11.2 Å². The van der Waals surface area contributed by atoms with Gasteiger partial charge in [-0.25, -0.2) is 0 Å². The average Bonchev–Trinajstić information content (AvgIpc) is 2.51. The van der Waals surface area contributed by atoms with Crippen LogP contribution in [-0.4, -0.2) is 15.5 Å². The summed E-state index contributed by atoms with van der Waals surface area (Å²) in [6, 6.07) is 11.2. The van der Waals surface area contributed by atoms with Crippen LogP contribution in [0.3, 0.4) is 0 Å². The van der Waals surface area contributed by atoms with Crippen LogP contribution in [0.4, 0.5) is 0 Å². The molecule has 2 heterocycles. The first-order valence-electron chi connectivity index (χ1n) is 6.86. The SMILES string of the molecule is Cc1ccccc1-c1c(C(N)=O)n(C)c(=O)c2ncccc12. The van der Waals surface area contributed by atoms with Crippen molar-refractivity contribution < 1.29 is 4.79 Å². The smallest absolute Gasteiger partial charge is 0.277 e. The molecule has 2 N–H and O–H groups in total. The summed E-state index contributed by atoms with van der Waals surface area (Å²) in [6.07, 6.45) is 1.56. The number of benzene rings is 1. The van der Waals surface area contributed by atoms with Crippen molar-refractivity contribution in [1.29, 1.82) is 0 Å². The highest BCUT2D eigenvalue weighted by Crippen LogP contribution is 2.31. The van der Waals surface area contributed by atoms with Gasteiger partial charge in [0, 0.05) is 24.2 Å². The van der Waals surface area contributed by atoms with Gasteiger partial charge in [-0.2, -0.15) is 0 Å². The van der Waals surface area contributed by atoms with E-state index in [1.54, 1.807) is 25.4 Å². The molecular formula is C17H15N3O2. The number of hydrogen-bond donors (Lipinski definition) is 1. The Kier molecular flexibility index (Phi) is 3.25. The Labute approximate surface area is 127 Å². The first kappa shape index (κ1) is 14.0. The standard InChI is InChI=1S/C17H15N3O2/c1-10-6-3-4-7-11(10)13-12-8-5-9-19-14(12)17(22)20(2)15(13)16(18)21/h3-9H,1-2H3,(H2,18,21). The number of amides is 1. The minimum Gasteiger partial charge on any atom is -0.364 e. The summed E-state index contributed by atoms with van der Waals surface area (Å²) in [5, 5.41) is 0.633. The van der Waals surface area contributed by atoms with Crippen molar-refractivity contribution in [3.8, 4) is 11.1 Å². The maximum Gasteiger partial charge on any atom is 0.277 e. The third-order valence-corrected chi connectivity index (χ3v) is 3.80. The van der Waals surface area contributed by atoms with Crippen LogP contribution in [-0.2, 0) is 7.05 Å². The van der Waals surface area contributed by atoms with E-state index in [1.807, 2.05) is 31.2 Å². The van der Waals surface area contributed by atoms with E-state index in [-0.39, 0.29) is 11.3 Å². The number of carbonyl (C=O) groups excluding carboxylic acids is 1. The lowest BCUT2D eigenvalue weighted by Gasteiger charge is -2.16. The second-order valence-electron chi connectivity index (χ2n) is 5.17. The van der Waals surface area contributed by atoms with E-state index in [1.165, 1.54) is 4.57 Å². The molecule has 5 nitrogen and oxygen atoms in total. The Bertz CT molecular complexity index is 958. The van der Waals surface area contributed by atoms with Crippen LogP contribution in [0.5, 0.6) is 0 Å². The molecule has 3 rings (SSSR count). The molecule has 0 saturated heterocycles. The molecule has 22 heavy (non-hydrogen) atoms. The zero-order valence-corrected chi connectivity index (χ0v) is 12.3. The van der Waals surface area contributed by atoms with Crippen LogP contribution < -0.4 is 11.3 Å². The molecule has 0 spiro atoms. The van der Waals surface area contributed by atoms with Crippen molar-refractivity contribution in [2.75, 3.05) is 0 Å². The number of nitrogens with two attached hydrogens (primary N) is 1. The van der Waals surface area contributed by atoms with E-state index in [4.69, 9.17) is 5.73 Å². The molecule has 0 saturated carbocycles. The molecule has 3 aromatic rings. The molecule has 5 heteroatoms. The van der Waals surface area contributed by atoms with E-state index >= 15 is 0 Å². The van der Waals surface area contributed by atoms with E-state index < -0.39 is 5.91 Å². The Morgan fingerprint density at radius 2 is 1.91 bits per heavy atom. The van der Waals surface area contributed by atoms with Crippen molar-refractivity contribution in [2.24, 2.45) is 12.8 Å². The van der Waals surface area contributed by atoms with Gasteiger partial charge in [-0.15, -0.1) is 0 Å². The van der Waals surface area contributed by atoms with Crippen molar-refractivity contribution in [1.82, 2.24) is 9.55 Å². The van der Waals surface area contributed by atoms with Gasteiger partial charge in [-0.05, 0) is 24.1 Å². The van der Waals surface area contributed by atoms with Crippen molar-refractivity contribution in [3.63, 3.8) is 0 Å². The summed E-state index contributed by atoms with van der Waals surface area (Å²) in [5.41, 5.74) is 8.24. The fourth-order valence-electron chi connectivity index (χ4n) is 2.75. The van der Waals surface area contributed by atoms with Gasteiger partial charge < -0.3 is 10.3 Å². The third-order valence-electron chi connectivity index (χ3n) is 3.80. The number of pyridine rings is 2. The highest BCUT2D eigenvalue weighted by atomic mass is 16.2. The van der Waals surface area contributed by atoms with E-state index in [0.29, 0.717) is 16.5 Å². The largest absolute Gasteiger partial charge is 0.364 e. The minimum absolute atomic E-state index is 0.194. The number of carbonyl (C=O) groups is 1. The second kappa shape index (κ2) is 5.11. The fraction of sp³-hybridized carbons (Fsp3) is 0.118. The molecule has 0 radical (unpaired) electrons. The topological polar surface area (TPSA) is 78.0 Å². The van der Waals surface area contributed by atoms with Gasteiger partial charge in [-0.3, -0.25) is 14.6 Å². The summed E-state index contributed by atoms with van der Waals surface area (Å²) in [6.45, 7) is 1.95. The molecule has 0 fully saturated rings. The van der Waals surface area contributed by atoms with Crippen LogP contribution >= 0.6 is 0 Å². The van der Waals surface area contributed by atoms with Gasteiger partial charge >= 0.3 is 0 Å². The monoisotopic (exact) mass is 293 g/mol. The Balaban J connectivity index is 2.60. The van der Waals surface area contributed by atoms with Crippen LogP contribution in [0.1, 0.15) is 16.1 Å². The number of hydrogen-bond acceptors (Lipinski definition) is 3. The Hall–Kier alpha value is -2.95. The predicted molar refractivity (Wildman–Crippen MR) is 85.7 cm³/mol. The molecule has 1 aromatic carbocycles. The highest BCUT2D eigenvalue weighted by molar-refractivity contribution is 6.07. The molecule has 0 bridgehead atoms. The molecule has 1 amide bonds. The van der Waals surface area contributed by atoms with Crippen LogP contribution in [0.25, 0.3) is 22.0 Å². The minimum atomic E-state index is -0.636. The van der Waals surface area contributed by atoms with Gasteiger partial charge in [0.2, 0.25) is 0 Å². The lowest BCUT2D eigenvalue weighted by Crippen LogP contribution is -2.28. The number of primary amides is 1. The van der Waals surface area contributed by atoms with Crippen LogP contribution in [0.2, 0.25) is 0 Å². The van der Waals surface area contributed by atoms with Gasteiger partial charge in [0.25, 0.3) is 11.5 Å². The summed E-state index contributed by atoms with van der Waals surface area (Å²) in [5.74, 6) is -0.636. The maximum atomic E-state index is 12.4. The second-order valence-corrected chi connectivity index (χ2v) is 5.17. The van der Waals surface area contributed by atoms with Crippen molar-refractivity contribution >= 4 is 16.8 Å². The lowest BCUT2D eigenvalue weighted by molar-refractivity contribution is 0.0992. The predicted octanol–water partition coefficient (Wildman–Crippen LogP) is 2.01. The third kappa shape index (κ3) is 1.98. The highest BCUT2D eigenvalue weighted by Gasteiger charge is 2.21. The Morgan fingerprint density at radius 1 is 1.18 bits per heavy atom. The number of aromatic nitrogens is 2. The van der Waals surface area contributed by atoms with E-state index in [9.17, 15) is 9.59 Å². The normalized spacial score (nSPS) is 10.8. The van der Waals surface area contributed by atoms with E-state index in [2.05, 4.69) is 4.98 Å². The quantitative estimate of drug-likeness (QED) is 0.785. The lowest BCUT2D eigenvalue weighted by atomic mass is 9.95. The molecule has 110 valence electrons. The first-order chi connectivity index (χ1) is 10.5. The number of rotatable bonds is 2. The molecule has 2 aromatic heterocycles. The fourth-order valence-corrected chi connectivity index (χ4v) is 2.75. The maximum absolute atomic E-state index is 12.4. The summed E-state index contributed by atoms with van der Waals surface area (Å²) < 4.78 is 1.28. The molecular weight excluding hydrogens is 278 g/mol. The van der Waals surface area contributed by atoms with Crippen molar-refractivity contribution in [2.45, 2.75) is 6.92 Å². The molecule has 0 atom stereocenters. The van der Waals surface area contributed by atoms with Gasteiger partial charge in [0.05, 0.1) is 0 Å². The number of aryl methyl sites for hydroxylation is 1. The summed E-state index contributed by atoms with van der Waals surface area (Å²) in [7, 11) is 1.54. The van der Waals surface area contributed by atoms with Crippen LogP contribution in [0.15, 0.2) is 47.4 Å². The van der Waals surface area contributed by atoms with E-state index in [0.717, 1.165) is 11.1 Å². The van der Waals surface area contributed by atoms with Gasteiger partial charge in [-0.1, -0.05) is 30.3 Å². The summed E-state index contributed by atoms with van der Waals surface area (Å²) >= 11 is 0. The van der Waals surface area contributed by atoms with Crippen molar-refractivity contribution in [3.05, 3.63) is 64.2 Å². The Morgan fingerprint density at radius 3 is 2.59 bits per heavy atom. The number of nitrogens with zero attached hydrogens (tertiary/aromatic N) is 2. The first-order valence-corrected chi connectivity index (χ1v) is 6.86. The summed E-state index contributed by atoms with van der Waals surface area (Å²) in [4.78, 5) is 28.6. The molecule has 0 aliphatic rings. The molecule has 0 unspecified atom stereocenters. The average molecular weight is 293 g/mol. The van der Waals surface area contributed by atoms with Gasteiger partial charge in [0.15, 0.2) is 0 Å².